The summed E-state index contributed by atoms with van der Waals surface area (Å²) in [6.45, 7) is 9.24. The largest absolute Gasteiger partial charge is 0.494 e. The fraction of sp³-hybridized carbons (Fsp3) is 0.439. The maximum Gasteiger partial charge on any atom is 0.326 e. The Morgan fingerprint density at radius 1 is 0.880 bits per heavy atom. The third-order valence-corrected chi connectivity index (χ3v) is 10.7. The normalized spacial score (nSPS) is 14.2. The number of hydrogen-bond acceptors (Lipinski definition) is 7. The Hall–Kier alpha value is -4.37. The van der Waals surface area contributed by atoms with Crippen molar-refractivity contribution in [3.63, 3.8) is 0 Å². The number of carboxylic acid groups (broad SMARTS) is 1. The van der Waals surface area contributed by atoms with Crippen LogP contribution < -0.4 is 10.1 Å². The van der Waals surface area contributed by atoms with Crippen molar-refractivity contribution in [1.29, 1.82) is 0 Å². The van der Waals surface area contributed by atoms with Gasteiger partial charge in [-0.3, -0.25) is 9.59 Å². The quantitative estimate of drug-likeness (QED) is 0.0788. The highest BCUT2D eigenvalue weighted by atomic mass is 32.1. The second kappa shape index (κ2) is 17.0. The summed E-state index contributed by atoms with van der Waals surface area (Å²) in [4.78, 5) is 49.8. The molecule has 2 aromatic heterocycles. The Morgan fingerprint density at radius 3 is 2.14 bits per heavy atom. The standard InChI is InChI=1S/C41H49N3O5S/c1-5-6-7-8-9-22-49-33-18-16-28(17-19-33)32-25-42-38(43-26-32)30-12-10-27(11-13-30)23-31(39(46)44-37(40(47)48)29-14-15-29)24-34(45)35-20-21-36(50-35)41(2,3)4/h10-13,16-21,25-26,29,31,37H,5-9,14-15,22-24H2,1-4H3,(H,44,46)(H,47,48)/t31-,37-/m1/s1. The maximum atomic E-state index is 13.5. The maximum absolute atomic E-state index is 13.5. The smallest absolute Gasteiger partial charge is 0.326 e. The van der Waals surface area contributed by atoms with Crippen LogP contribution in [0.2, 0.25) is 0 Å². The first kappa shape index (κ1) is 36.9. The number of ether oxygens (including phenoxy) is 1. The topological polar surface area (TPSA) is 118 Å². The van der Waals surface area contributed by atoms with E-state index in [0.717, 1.165) is 58.7 Å². The molecule has 1 aliphatic rings. The van der Waals surface area contributed by atoms with Crippen LogP contribution in [0.25, 0.3) is 22.5 Å². The lowest BCUT2D eigenvalue weighted by molar-refractivity contribution is -0.143. The number of benzene rings is 2. The van der Waals surface area contributed by atoms with Gasteiger partial charge in [0, 0.05) is 40.7 Å². The first-order valence-electron chi connectivity index (χ1n) is 17.8. The highest BCUT2D eigenvalue weighted by Gasteiger charge is 2.38. The lowest BCUT2D eigenvalue weighted by Crippen LogP contribution is -2.45. The van der Waals surface area contributed by atoms with Crippen LogP contribution in [0.1, 0.15) is 99.2 Å². The van der Waals surface area contributed by atoms with Gasteiger partial charge >= 0.3 is 5.97 Å². The third-order valence-electron chi connectivity index (χ3n) is 9.13. The lowest BCUT2D eigenvalue weighted by atomic mass is 9.92. The van der Waals surface area contributed by atoms with E-state index >= 15 is 0 Å². The number of carbonyl (C=O) groups excluding carboxylic acids is 2. The molecule has 264 valence electrons. The van der Waals surface area contributed by atoms with Gasteiger partial charge in [-0.1, -0.05) is 89.8 Å². The molecule has 1 saturated carbocycles. The van der Waals surface area contributed by atoms with E-state index in [1.54, 1.807) is 12.4 Å². The minimum atomic E-state index is -1.04. The first-order valence-corrected chi connectivity index (χ1v) is 18.6. The number of unbranched alkanes of at least 4 members (excludes halogenated alkanes) is 4. The zero-order valence-electron chi connectivity index (χ0n) is 29.6. The Balaban J connectivity index is 1.23. The molecule has 0 saturated heterocycles. The molecule has 0 aliphatic heterocycles. The fourth-order valence-electron chi connectivity index (χ4n) is 5.89. The van der Waals surface area contributed by atoms with Gasteiger partial charge in [0.05, 0.1) is 11.5 Å². The van der Waals surface area contributed by atoms with E-state index in [2.05, 4.69) is 43.0 Å². The van der Waals surface area contributed by atoms with Crippen LogP contribution in [-0.4, -0.2) is 45.4 Å². The summed E-state index contributed by atoms with van der Waals surface area (Å²) in [6, 6.07) is 18.5. The zero-order valence-corrected chi connectivity index (χ0v) is 30.4. The Kier molecular flexibility index (Phi) is 12.6. The number of carbonyl (C=O) groups is 3. The molecule has 8 nitrogen and oxygen atoms in total. The van der Waals surface area contributed by atoms with Crippen molar-refractivity contribution in [2.75, 3.05) is 6.61 Å². The predicted octanol–water partition coefficient (Wildman–Crippen LogP) is 8.93. The summed E-state index contributed by atoms with van der Waals surface area (Å²) in [7, 11) is 0. The first-order chi connectivity index (χ1) is 24.0. The van der Waals surface area contributed by atoms with Gasteiger partial charge in [-0.15, -0.1) is 11.3 Å². The predicted molar refractivity (Wildman–Crippen MR) is 199 cm³/mol. The number of aromatic nitrogens is 2. The van der Waals surface area contributed by atoms with Gasteiger partial charge in [0.15, 0.2) is 11.6 Å². The molecule has 0 unspecified atom stereocenters. The Morgan fingerprint density at radius 2 is 1.54 bits per heavy atom. The number of amides is 1. The Bertz CT molecular complexity index is 1720. The molecule has 2 heterocycles. The van der Waals surface area contributed by atoms with E-state index in [4.69, 9.17) is 4.74 Å². The zero-order chi connectivity index (χ0) is 35.7. The molecular weight excluding hydrogens is 647 g/mol. The van der Waals surface area contributed by atoms with Gasteiger partial charge in [-0.05, 0) is 72.4 Å². The summed E-state index contributed by atoms with van der Waals surface area (Å²) >= 11 is 1.45. The van der Waals surface area contributed by atoms with Crippen LogP contribution >= 0.6 is 11.3 Å². The van der Waals surface area contributed by atoms with Crippen LogP contribution in [-0.2, 0) is 21.4 Å². The number of thiophene rings is 1. The second-order valence-corrected chi connectivity index (χ2v) is 15.5. The van der Waals surface area contributed by atoms with Crippen molar-refractivity contribution in [1.82, 2.24) is 15.3 Å². The number of ketones is 1. The molecule has 0 bridgehead atoms. The summed E-state index contributed by atoms with van der Waals surface area (Å²) in [5.74, 6) is -0.903. The van der Waals surface area contributed by atoms with Crippen LogP contribution in [0.4, 0.5) is 0 Å². The Labute approximate surface area is 299 Å². The van der Waals surface area contributed by atoms with Gasteiger partial charge in [0.25, 0.3) is 0 Å². The average molecular weight is 696 g/mol. The highest BCUT2D eigenvalue weighted by molar-refractivity contribution is 7.14. The number of rotatable bonds is 18. The van der Waals surface area contributed by atoms with Crippen molar-refractivity contribution >= 4 is 29.0 Å². The molecule has 4 aromatic rings. The van der Waals surface area contributed by atoms with Gasteiger partial charge in [0.2, 0.25) is 5.91 Å². The van der Waals surface area contributed by atoms with Gasteiger partial charge in [0.1, 0.15) is 11.8 Å². The van der Waals surface area contributed by atoms with Gasteiger partial charge < -0.3 is 15.2 Å². The highest BCUT2D eigenvalue weighted by Crippen LogP contribution is 2.34. The minimum Gasteiger partial charge on any atom is -0.494 e. The molecule has 5 rings (SSSR count). The lowest BCUT2D eigenvalue weighted by Gasteiger charge is -2.20. The monoisotopic (exact) mass is 695 g/mol. The third kappa shape index (κ3) is 10.3. The van der Waals surface area contributed by atoms with Crippen LogP contribution in [0.15, 0.2) is 73.1 Å². The minimum absolute atomic E-state index is 0.00852. The molecule has 2 aromatic carbocycles. The number of carboxylic acids is 1. The number of hydrogen-bond donors (Lipinski definition) is 2. The molecule has 1 aliphatic carbocycles. The fourth-order valence-corrected chi connectivity index (χ4v) is 6.91. The van der Waals surface area contributed by atoms with E-state index in [9.17, 15) is 19.5 Å². The van der Waals surface area contributed by atoms with E-state index in [0.29, 0.717) is 17.1 Å². The van der Waals surface area contributed by atoms with Crippen LogP contribution in [0, 0.1) is 11.8 Å². The second-order valence-electron chi connectivity index (χ2n) is 14.4. The number of Topliss-reactive ketones (excluding diaryl/α,β-unsaturated/α-hetero) is 1. The van der Waals surface area contributed by atoms with Crippen LogP contribution in [0.5, 0.6) is 5.75 Å². The van der Waals surface area contributed by atoms with E-state index < -0.39 is 23.8 Å². The summed E-state index contributed by atoms with van der Waals surface area (Å²) < 4.78 is 5.90. The molecule has 50 heavy (non-hydrogen) atoms. The molecule has 0 spiro atoms. The van der Waals surface area contributed by atoms with Crippen molar-refractivity contribution in [2.45, 2.75) is 96.9 Å². The summed E-state index contributed by atoms with van der Waals surface area (Å²) in [5, 5.41) is 12.5. The van der Waals surface area contributed by atoms with Crippen molar-refractivity contribution in [3.05, 3.63) is 88.4 Å². The van der Waals surface area contributed by atoms with E-state index in [-0.39, 0.29) is 23.5 Å². The van der Waals surface area contributed by atoms with E-state index in [1.165, 1.54) is 37.0 Å². The molecule has 2 N–H and O–H groups in total. The van der Waals surface area contributed by atoms with Gasteiger partial charge in [-0.25, -0.2) is 14.8 Å². The van der Waals surface area contributed by atoms with Gasteiger partial charge in [-0.2, -0.15) is 0 Å². The van der Waals surface area contributed by atoms with Crippen molar-refractivity contribution in [3.8, 4) is 28.3 Å². The number of nitrogens with one attached hydrogen (secondary N) is 1. The van der Waals surface area contributed by atoms with Crippen LogP contribution in [0.3, 0.4) is 0 Å². The molecule has 0 radical (unpaired) electrons. The summed E-state index contributed by atoms with van der Waals surface area (Å²) in [5.41, 5.74) is 3.51. The summed E-state index contributed by atoms with van der Waals surface area (Å²) in [6.07, 6.45) is 11.5. The molecule has 2 atom stereocenters. The molecular formula is C41H49N3O5S. The van der Waals surface area contributed by atoms with Crippen molar-refractivity contribution < 1.29 is 24.2 Å². The number of nitrogens with zero attached hydrogens (tertiary/aromatic N) is 2. The average Bonchev–Trinajstić information content (AvgIpc) is 3.81. The number of aliphatic carboxylic acids is 1. The van der Waals surface area contributed by atoms with E-state index in [1.807, 2.05) is 60.7 Å². The molecule has 1 fully saturated rings. The van der Waals surface area contributed by atoms with Crippen molar-refractivity contribution in [2.24, 2.45) is 11.8 Å². The molecule has 1 amide bonds. The SMILES string of the molecule is CCCCCCCOc1ccc(-c2cnc(-c3ccc(C[C@H](CC(=O)c4ccc(C(C)(C)C)s4)C(=O)N[C@@H](C(=O)O)C4CC4)cc3)nc2)cc1. The molecule has 9 heteroatoms.